The van der Waals surface area contributed by atoms with Crippen LogP contribution in [0.5, 0.6) is 17.2 Å². The van der Waals surface area contributed by atoms with Gasteiger partial charge in [-0.25, -0.2) is 0 Å². The molecule has 0 amide bonds. The Kier molecular flexibility index (Phi) is 5.75. The van der Waals surface area contributed by atoms with E-state index in [2.05, 4.69) is 36.4 Å². The minimum absolute atomic E-state index is 0.0157. The van der Waals surface area contributed by atoms with Gasteiger partial charge in [-0.2, -0.15) is 0 Å². The first-order valence-corrected chi connectivity index (χ1v) is 14.2. The van der Waals surface area contributed by atoms with Gasteiger partial charge in [-0.3, -0.25) is 0 Å². The largest absolute Gasteiger partial charge is 0.505 e. The van der Waals surface area contributed by atoms with Gasteiger partial charge in [0.15, 0.2) is 17.2 Å². The molecule has 1 heterocycles. The van der Waals surface area contributed by atoms with E-state index in [1.54, 1.807) is 0 Å². The van der Waals surface area contributed by atoms with Crippen molar-refractivity contribution in [3.8, 4) is 50.6 Å². The quantitative estimate of drug-likeness (QED) is 0.117. The molecule has 3 N–H and O–H groups in total. The van der Waals surface area contributed by atoms with E-state index in [4.69, 9.17) is 20.1 Å². The Morgan fingerprint density at radius 1 is 0.432 bits per heavy atom. The van der Waals surface area contributed by atoms with Gasteiger partial charge in [-0.1, -0.05) is 108 Å². The molecule has 0 aliphatic carbocycles. The number of furan rings is 1. The molecule has 7 aromatic carbocycles. The van der Waals surface area contributed by atoms with Crippen molar-refractivity contribution in [3.63, 3.8) is 0 Å². The molecule has 0 aliphatic heterocycles. The van der Waals surface area contributed by atoms with Gasteiger partial charge < -0.3 is 19.7 Å². The number of phenols is 3. The lowest BCUT2D eigenvalue weighted by Gasteiger charge is -2.22. The fourth-order valence-electron chi connectivity index (χ4n) is 6.53. The van der Waals surface area contributed by atoms with Gasteiger partial charge in [0.2, 0.25) is 0 Å². The number of rotatable bonds is 3. The average Bonchev–Trinajstić information content (AvgIpc) is 3.45. The number of phenolic OH excluding ortho intramolecular Hbond substituents is 3. The van der Waals surface area contributed by atoms with Gasteiger partial charge >= 0.3 is 0 Å². The smallest absolute Gasteiger partial charge is 0.200 e. The molecule has 44 heavy (non-hydrogen) atoms. The Hall–Kier alpha value is -5.61. The Bertz CT molecular complexity index is 2360. The van der Waals surface area contributed by atoms with Crippen LogP contribution in [0.1, 0.15) is 0 Å². The summed E-state index contributed by atoms with van der Waals surface area (Å²) >= 11 is 0. The summed E-state index contributed by atoms with van der Waals surface area (Å²) < 4.78 is 6.45. The Labute approximate surface area is 255 Å². The van der Waals surface area contributed by atoms with Crippen molar-refractivity contribution in [1.29, 1.82) is 0 Å². The standard InChI is InChI=1S/C38H22B2O4/c39-34-33(36(41)38(43)37(42)35(34)40)32-24-13-6-4-11-22(24)30(23-12-5-7-14-25(23)32)27-15-8-16-28-31(27)26-18-17-21(19-29(26)44-28)20-9-2-1-3-10-20/h1-19,41-43H. The molecule has 0 atom stereocenters. The topological polar surface area (TPSA) is 73.8 Å². The van der Waals surface area contributed by atoms with E-state index >= 15 is 0 Å². The molecule has 4 radical (unpaired) electrons. The fourth-order valence-corrected chi connectivity index (χ4v) is 6.53. The Morgan fingerprint density at radius 2 is 1.05 bits per heavy atom. The molecule has 0 spiro atoms. The van der Waals surface area contributed by atoms with Gasteiger partial charge in [-0.05, 0) is 62.0 Å². The molecule has 0 unspecified atom stereocenters. The lowest BCUT2D eigenvalue weighted by atomic mass is 9.73. The van der Waals surface area contributed by atoms with Crippen LogP contribution >= 0.6 is 0 Å². The van der Waals surface area contributed by atoms with Crippen molar-refractivity contribution in [1.82, 2.24) is 0 Å². The molecule has 0 aliphatic rings. The predicted molar refractivity (Wildman–Crippen MR) is 181 cm³/mol. The van der Waals surface area contributed by atoms with Crippen LogP contribution in [0.15, 0.2) is 120 Å². The van der Waals surface area contributed by atoms with Crippen LogP contribution in [-0.4, -0.2) is 31.0 Å². The average molecular weight is 564 g/mol. The first-order chi connectivity index (χ1) is 21.4. The van der Waals surface area contributed by atoms with Crippen LogP contribution in [0.3, 0.4) is 0 Å². The predicted octanol–water partition coefficient (Wildman–Crippen LogP) is 7.60. The number of aromatic hydroxyl groups is 3. The van der Waals surface area contributed by atoms with E-state index in [-0.39, 0.29) is 16.5 Å². The zero-order valence-corrected chi connectivity index (χ0v) is 23.4. The van der Waals surface area contributed by atoms with Gasteiger partial charge in [-0.15, -0.1) is 0 Å². The van der Waals surface area contributed by atoms with E-state index in [0.29, 0.717) is 5.56 Å². The minimum atomic E-state index is -0.714. The molecule has 0 fully saturated rings. The van der Waals surface area contributed by atoms with Crippen LogP contribution in [-0.2, 0) is 0 Å². The lowest BCUT2D eigenvalue weighted by molar-refractivity contribution is 0.371. The van der Waals surface area contributed by atoms with Crippen LogP contribution in [0.2, 0.25) is 0 Å². The van der Waals surface area contributed by atoms with Crippen LogP contribution in [0.25, 0.3) is 76.9 Å². The third-order valence-corrected chi connectivity index (χ3v) is 8.56. The van der Waals surface area contributed by atoms with E-state index in [1.165, 1.54) is 0 Å². The number of hydrogen-bond donors (Lipinski definition) is 3. The number of fused-ring (bicyclic) bond motifs is 5. The SMILES string of the molecule is [B]c1c([B])c(-c2c3ccccc3c(-c3cccc4oc5cc(-c6ccccc6)ccc5c34)c3ccccc23)c(O)c(O)c1O. The number of benzene rings is 7. The van der Waals surface area contributed by atoms with Crippen LogP contribution in [0, 0.1) is 0 Å². The summed E-state index contributed by atoms with van der Waals surface area (Å²) in [7, 11) is 12.5. The van der Waals surface area contributed by atoms with Crippen molar-refractivity contribution in [2.75, 3.05) is 0 Å². The molecule has 0 saturated carbocycles. The molecule has 6 heteroatoms. The highest BCUT2D eigenvalue weighted by atomic mass is 16.3. The molecule has 204 valence electrons. The van der Waals surface area contributed by atoms with Gasteiger partial charge in [0, 0.05) is 21.9 Å². The third-order valence-electron chi connectivity index (χ3n) is 8.56. The second-order valence-corrected chi connectivity index (χ2v) is 10.9. The van der Waals surface area contributed by atoms with Gasteiger partial charge in [0.1, 0.15) is 26.9 Å². The molecule has 8 rings (SSSR count). The highest BCUT2D eigenvalue weighted by Gasteiger charge is 2.25. The Balaban J connectivity index is 1.49. The lowest BCUT2D eigenvalue weighted by Crippen LogP contribution is -2.28. The summed E-state index contributed by atoms with van der Waals surface area (Å²) in [6, 6.07) is 38.4. The zero-order chi connectivity index (χ0) is 30.1. The summed E-state index contributed by atoms with van der Waals surface area (Å²) in [4.78, 5) is 0. The van der Waals surface area contributed by atoms with E-state index in [0.717, 1.165) is 65.7 Å². The minimum Gasteiger partial charge on any atom is -0.505 e. The van der Waals surface area contributed by atoms with Crippen LogP contribution in [0.4, 0.5) is 0 Å². The molecule has 1 aromatic heterocycles. The molecular weight excluding hydrogens is 542 g/mol. The van der Waals surface area contributed by atoms with Crippen molar-refractivity contribution >= 4 is 70.1 Å². The van der Waals surface area contributed by atoms with E-state index < -0.39 is 17.2 Å². The third kappa shape index (κ3) is 3.67. The summed E-state index contributed by atoms with van der Waals surface area (Å²) in [5.41, 5.74) is 6.32. The van der Waals surface area contributed by atoms with Crippen molar-refractivity contribution in [2.45, 2.75) is 0 Å². The summed E-state index contributed by atoms with van der Waals surface area (Å²) in [5, 5.41) is 37.4. The second-order valence-electron chi connectivity index (χ2n) is 10.9. The highest BCUT2D eigenvalue weighted by Crippen LogP contribution is 2.49. The molecular formula is C38H22B2O4. The normalized spacial score (nSPS) is 11.6. The van der Waals surface area contributed by atoms with Crippen molar-refractivity contribution in [2.24, 2.45) is 0 Å². The van der Waals surface area contributed by atoms with Gasteiger partial charge in [0.05, 0.1) is 0 Å². The second kappa shape index (κ2) is 9.71. The van der Waals surface area contributed by atoms with Gasteiger partial charge in [0.25, 0.3) is 0 Å². The molecule has 8 aromatic rings. The number of hydrogen-bond acceptors (Lipinski definition) is 4. The first-order valence-electron chi connectivity index (χ1n) is 14.2. The van der Waals surface area contributed by atoms with E-state index in [9.17, 15) is 15.3 Å². The first kappa shape index (κ1) is 26.0. The highest BCUT2D eigenvalue weighted by molar-refractivity contribution is 6.53. The van der Waals surface area contributed by atoms with Crippen LogP contribution < -0.4 is 10.9 Å². The zero-order valence-electron chi connectivity index (χ0n) is 23.4. The maximum absolute atomic E-state index is 11.1. The molecule has 0 bridgehead atoms. The fraction of sp³-hybridized carbons (Fsp3) is 0. The summed E-state index contributed by atoms with van der Waals surface area (Å²) in [6.07, 6.45) is 0. The maximum Gasteiger partial charge on any atom is 0.200 e. The molecule has 4 nitrogen and oxygen atoms in total. The van der Waals surface area contributed by atoms with E-state index in [1.807, 2.05) is 78.9 Å². The monoisotopic (exact) mass is 564 g/mol. The van der Waals surface area contributed by atoms with Crippen molar-refractivity contribution in [3.05, 3.63) is 115 Å². The maximum atomic E-state index is 11.1. The molecule has 0 saturated heterocycles. The summed E-state index contributed by atoms with van der Waals surface area (Å²) in [5.74, 6) is -1.90. The van der Waals surface area contributed by atoms with Crippen molar-refractivity contribution < 1.29 is 19.7 Å². The Morgan fingerprint density at radius 3 is 1.70 bits per heavy atom. The summed E-state index contributed by atoms with van der Waals surface area (Å²) in [6.45, 7) is 0.